The fraction of sp³-hybridized carbons (Fsp3) is 0.353. The summed E-state index contributed by atoms with van der Waals surface area (Å²) in [6.45, 7) is 2.27. The van der Waals surface area contributed by atoms with Crippen LogP contribution >= 0.6 is 11.3 Å². The molecule has 1 aliphatic rings. The Labute approximate surface area is 129 Å². The topological polar surface area (TPSA) is 38.3 Å². The van der Waals surface area contributed by atoms with E-state index in [1.54, 1.807) is 18.4 Å². The number of benzene rings is 1. The van der Waals surface area contributed by atoms with Gasteiger partial charge in [-0.15, -0.1) is 11.3 Å². The summed E-state index contributed by atoms with van der Waals surface area (Å²) in [4.78, 5) is 14.6. The Bertz CT molecular complexity index is 663. The zero-order valence-corrected chi connectivity index (χ0v) is 13.1. The highest BCUT2D eigenvalue weighted by Crippen LogP contribution is 2.33. The molecule has 1 atom stereocenters. The van der Waals surface area contributed by atoms with Crippen LogP contribution < -0.4 is 10.1 Å². The van der Waals surface area contributed by atoms with E-state index in [9.17, 15) is 4.79 Å². The molecule has 110 valence electrons. The first-order valence-corrected chi connectivity index (χ1v) is 8.05. The third kappa shape index (κ3) is 2.95. The van der Waals surface area contributed by atoms with Gasteiger partial charge in [-0.1, -0.05) is 19.1 Å². The lowest BCUT2D eigenvalue weighted by molar-refractivity contribution is 0.103. The van der Waals surface area contributed by atoms with Gasteiger partial charge in [-0.2, -0.15) is 0 Å². The number of anilines is 1. The number of rotatable bonds is 3. The molecule has 0 aliphatic heterocycles. The van der Waals surface area contributed by atoms with Crippen LogP contribution in [0.2, 0.25) is 0 Å². The maximum Gasteiger partial charge on any atom is 0.265 e. The van der Waals surface area contributed by atoms with Crippen molar-refractivity contribution in [2.75, 3.05) is 12.4 Å². The van der Waals surface area contributed by atoms with Crippen LogP contribution in [-0.4, -0.2) is 13.0 Å². The number of aryl methyl sites for hydroxylation is 1. The summed E-state index contributed by atoms with van der Waals surface area (Å²) in [5.74, 6) is 1.35. The van der Waals surface area contributed by atoms with Gasteiger partial charge >= 0.3 is 0 Å². The number of methoxy groups -OCH3 is 1. The summed E-state index contributed by atoms with van der Waals surface area (Å²) in [6, 6.07) is 9.53. The van der Waals surface area contributed by atoms with E-state index in [-0.39, 0.29) is 5.91 Å². The summed E-state index contributed by atoms with van der Waals surface area (Å²) in [6.07, 6.45) is 3.41. The number of hydrogen-bond acceptors (Lipinski definition) is 3. The first-order valence-electron chi connectivity index (χ1n) is 7.23. The predicted octanol–water partition coefficient (Wildman–Crippen LogP) is 4.13. The van der Waals surface area contributed by atoms with Crippen LogP contribution in [0.3, 0.4) is 0 Å². The van der Waals surface area contributed by atoms with Crippen molar-refractivity contribution in [3.8, 4) is 5.75 Å². The van der Waals surface area contributed by atoms with Gasteiger partial charge in [0.1, 0.15) is 5.75 Å². The number of amides is 1. The van der Waals surface area contributed by atoms with Gasteiger partial charge in [-0.3, -0.25) is 4.79 Å². The van der Waals surface area contributed by atoms with Gasteiger partial charge in [0, 0.05) is 4.88 Å². The van der Waals surface area contributed by atoms with E-state index < -0.39 is 0 Å². The number of para-hydroxylation sites is 2. The van der Waals surface area contributed by atoms with Crippen molar-refractivity contribution in [1.29, 1.82) is 0 Å². The molecule has 1 amide bonds. The number of carbonyl (C=O) groups is 1. The van der Waals surface area contributed by atoms with E-state index in [0.717, 1.165) is 23.6 Å². The minimum Gasteiger partial charge on any atom is -0.495 e. The highest BCUT2D eigenvalue weighted by atomic mass is 32.1. The molecular formula is C17H19NO2S. The van der Waals surface area contributed by atoms with E-state index in [0.29, 0.717) is 11.4 Å². The molecule has 3 nitrogen and oxygen atoms in total. The van der Waals surface area contributed by atoms with Gasteiger partial charge in [-0.05, 0) is 48.9 Å². The van der Waals surface area contributed by atoms with Gasteiger partial charge in [0.15, 0.2) is 0 Å². The Morgan fingerprint density at radius 3 is 3.00 bits per heavy atom. The average molecular weight is 301 g/mol. The van der Waals surface area contributed by atoms with Crippen molar-refractivity contribution in [1.82, 2.24) is 0 Å². The zero-order chi connectivity index (χ0) is 14.8. The van der Waals surface area contributed by atoms with Crippen molar-refractivity contribution in [3.63, 3.8) is 0 Å². The second-order valence-electron chi connectivity index (χ2n) is 5.56. The largest absolute Gasteiger partial charge is 0.495 e. The fourth-order valence-corrected chi connectivity index (χ4v) is 3.85. The lowest BCUT2D eigenvalue weighted by Gasteiger charge is -2.16. The lowest BCUT2D eigenvalue weighted by Crippen LogP contribution is -2.11. The van der Waals surface area contributed by atoms with Crippen molar-refractivity contribution in [3.05, 3.63) is 45.6 Å². The Morgan fingerprint density at radius 2 is 2.19 bits per heavy atom. The Morgan fingerprint density at radius 1 is 1.38 bits per heavy atom. The normalized spacial score (nSPS) is 17.1. The summed E-state index contributed by atoms with van der Waals surface area (Å²) >= 11 is 1.63. The molecule has 1 aliphatic carbocycles. The van der Waals surface area contributed by atoms with Gasteiger partial charge in [0.05, 0.1) is 17.7 Å². The molecule has 1 unspecified atom stereocenters. The van der Waals surface area contributed by atoms with E-state index in [1.807, 2.05) is 24.3 Å². The van der Waals surface area contributed by atoms with Crippen molar-refractivity contribution < 1.29 is 9.53 Å². The molecule has 0 bridgehead atoms. The quantitative estimate of drug-likeness (QED) is 0.925. The monoisotopic (exact) mass is 301 g/mol. The number of nitrogens with one attached hydrogen (secondary N) is 1. The van der Waals surface area contributed by atoms with Crippen molar-refractivity contribution >= 4 is 22.9 Å². The molecule has 1 aromatic carbocycles. The SMILES string of the molecule is COc1ccccc1NC(=O)c1cc2c(s1)CCC(C)C2. The van der Waals surface area contributed by atoms with E-state index in [2.05, 4.69) is 18.3 Å². The number of ether oxygens (including phenoxy) is 1. The van der Waals surface area contributed by atoms with Gasteiger partial charge in [0.25, 0.3) is 5.91 Å². The first kappa shape index (κ1) is 14.1. The molecule has 0 radical (unpaired) electrons. The standard InChI is InChI=1S/C17H19NO2S/c1-11-7-8-15-12(9-11)10-16(21-15)17(19)18-13-5-3-4-6-14(13)20-2/h3-6,10-11H,7-9H2,1-2H3,(H,18,19). The van der Waals surface area contributed by atoms with Gasteiger partial charge < -0.3 is 10.1 Å². The molecule has 1 aromatic heterocycles. The molecule has 21 heavy (non-hydrogen) atoms. The van der Waals surface area contributed by atoms with Crippen LogP contribution in [0.4, 0.5) is 5.69 Å². The van der Waals surface area contributed by atoms with Crippen molar-refractivity contribution in [2.24, 2.45) is 5.92 Å². The molecule has 4 heteroatoms. The molecular weight excluding hydrogens is 282 g/mol. The van der Waals surface area contributed by atoms with Crippen molar-refractivity contribution in [2.45, 2.75) is 26.2 Å². The third-order valence-electron chi connectivity index (χ3n) is 3.91. The number of hydrogen-bond donors (Lipinski definition) is 1. The minimum absolute atomic E-state index is 0.0495. The Hall–Kier alpha value is -1.81. The molecule has 2 aromatic rings. The Kier molecular flexibility index (Phi) is 3.97. The number of carbonyl (C=O) groups excluding carboxylic acids is 1. The van der Waals surface area contributed by atoms with Gasteiger partial charge in [-0.25, -0.2) is 0 Å². The average Bonchev–Trinajstić information content (AvgIpc) is 2.91. The van der Waals surface area contributed by atoms with Crippen LogP contribution in [0, 0.1) is 5.92 Å². The second-order valence-corrected chi connectivity index (χ2v) is 6.70. The maximum absolute atomic E-state index is 12.4. The molecule has 3 rings (SSSR count). The van der Waals surface area contributed by atoms with E-state index in [4.69, 9.17) is 4.74 Å². The smallest absolute Gasteiger partial charge is 0.265 e. The minimum atomic E-state index is -0.0495. The van der Waals surface area contributed by atoms with Crippen LogP contribution in [0.5, 0.6) is 5.75 Å². The van der Waals surface area contributed by atoms with Crippen LogP contribution in [-0.2, 0) is 12.8 Å². The van der Waals surface area contributed by atoms with E-state index >= 15 is 0 Å². The third-order valence-corrected chi connectivity index (χ3v) is 5.14. The summed E-state index contributed by atoms with van der Waals surface area (Å²) < 4.78 is 5.27. The first-order chi connectivity index (χ1) is 10.2. The number of fused-ring (bicyclic) bond motifs is 1. The molecule has 1 heterocycles. The van der Waals surface area contributed by atoms with E-state index in [1.165, 1.54) is 16.9 Å². The second kappa shape index (κ2) is 5.90. The van der Waals surface area contributed by atoms with Crippen LogP contribution in [0.15, 0.2) is 30.3 Å². The number of thiophene rings is 1. The Balaban J connectivity index is 1.80. The highest BCUT2D eigenvalue weighted by molar-refractivity contribution is 7.14. The fourth-order valence-electron chi connectivity index (χ4n) is 2.75. The lowest BCUT2D eigenvalue weighted by atomic mass is 9.90. The maximum atomic E-state index is 12.4. The summed E-state index contributed by atoms with van der Waals surface area (Å²) in [5, 5.41) is 2.94. The molecule has 0 fully saturated rings. The highest BCUT2D eigenvalue weighted by Gasteiger charge is 2.21. The molecule has 0 saturated carbocycles. The summed E-state index contributed by atoms with van der Waals surface area (Å²) in [5.41, 5.74) is 2.06. The zero-order valence-electron chi connectivity index (χ0n) is 12.3. The summed E-state index contributed by atoms with van der Waals surface area (Å²) in [7, 11) is 1.61. The van der Waals surface area contributed by atoms with Crippen LogP contribution in [0.25, 0.3) is 0 Å². The van der Waals surface area contributed by atoms with Crippen LogP contribution in [0.1, 0.15) is 33.5 Å². The van der Waals surface area contributed by atoms with Gasteiger partial charge in [0.2, 0.25) is 0 Å². The molecule has 0 spiro atoms. The molecule has 0 saturated heterocycles. The molecule has 1 N–H and O–H groups in total. The predicted molar refractivity (Wildman–Crippen MR) is 86.5 cm³/mol.